The highest BCUT2D eigenvalue weighted by Gasteiger charge is 2.60. The maximum atomic E-state index is 13.1. The number of hydrogen-bond acceptors (Lipinski definition) is 3. The minimum absolute atomic E-state index is 0.111. The second-order valence-corrected chi connectivity index (χ2v) is 8.02. The van der Waals surface area contributed by atoms with Crippen LogP contribution in [0.1, 0.15) is 58.3 Å². The van der Waals surface area contributed by atoms with Gasteiger partial charge in [0.15, 0.2) is 0 Å². The van der Waals surface area contributed by atoms with Crippen LogP contribution in [0.4, 0.5) is 0 Å². The zero-order valence-corrected chi connectivity index (χ0v) is 13.8. The Labute approximate surface area is 133 Å². The van der Waals surface area contributed by atoms with Gasteiger partial charge in [0, 0.05) is 24.6 Å². The van der Waals surface area contributed by atoms with E-state index in [0.29, 0.717) is 24.0 Å². The van der Waals surface area contributed by atoms with Crippen molar-refractivity contribution in [3.63, 3.8) is 0 Å². The normalized spacial score (nSPS) is 42.3. The highest BCUT2D eigenvalue weighted by molar-refractivity contribution is 5.84. The van der Waals surface area contributed by atoms with E-state index < -0.39 is 0 Å². The fourth-order valence-electron chi connectivity index (χ4n) is 5.63. The molecule has 4 fully saturated rings. The van der Waals surface area contributed by atoms with E-state index in [1.165, 1.54) is 38.5 Å². The van der Waals surface area contributed by atoms with Gasteiger partial charge in [-0.15, -0.1) is 0 Å². The van der Waals surface area contributed by atoms with Crippen LogP contribution in [0, 0.1) is 16.7 Å². The molecule has 0 aromatic carbocycles. The Balaban J connectivity index is 1.44. The van der Waals surface area contributed by atoms with Crippen LogP contribution in [-0.4, -0.2) is 37.7 Å². The minimum Gasteiger partial charge on any atom is -0.378 e. The van der Waals surface area contributed by atoms with Crippen molar-refractivity contribution >= 4 is 5.91 Å². The van der Waals surface area contributed by atoms with Crippen LogP contribution in [-0.2, 0) is 9.53 Å². The summed E-state index contributed by atoms with van der Waals surface area (Å²) in [4.78, 5) is 13.1. The first-order chi connectivity index (χ1) is 10.7. The first-order valence-corrected chi connectivity index (χ1v) is 9.34. The van der Waals surface area contributed by atoms with Crippen LogP contribution in [0.2, 0.25) is 0 Å². The van der Waals surface area contributed by atoms with Gasteiger partial charge in [-0.1, -0.05) is 19.3 Å². The molecule has 1 amide bonds. The van der Waals surface area contributed by atoms with E-state index in [2.05, 4.69) is 17.6 Å². The molecule has 4 nitrogen and oxygen atoms in total. The summed E-state index contributed by atoms with van der Waals surface area (Å²) in [5, 5.41) is 6.96. The van der Waals surface area contributed by atoms with E-state index in [4.69, 9.17) is 4.74 Å². The lowest BCUT2D eigenvalue weighted by molar-refractivity contribution is -0.179. The SMILES string of the molecule is CCOC1CC(NC(=O)[C@@]23CCCC[C@H]2CNC3)C12CCC2. The number of ether oxygens (including phenoxy) is 1. The smallest absolute Gasteiger partial charge is 0.228 e. The van der Waals surface area contributed by atoms with Gasteiger partial charge in [-0.3, -0.25) is 4.79 Å². The van der Waals surface area contributed by atoms with Gasteiger partial charge in [-0.25, -0.2) is 0 Å². The highest BCUT2D eigenvalue weighted by Crippen LogP contribution is 2.57. The van der Waals surface area contributed by atoms with Crippen LogP contribution in [0.25, 0.3) is 0 Å². The molecule has 3 saturated carbocycles. The molecular weight excluding hydrogens is 276 g/mol. The quantitative estimate of drug-likeness (QED) is 0.837. The van der Waals surface area contributed by atoms with Gasteiger partial charge >= 0.3 is 0 Å². The largest absolute Gasteiger partial charge is 0.378 e. The molecule has 4 atom stereocenters. The van der Waals surface area contributed by atoms with Crippen molar-refractivity contribution in [3.05, 3.63) is 0 Å². The zero-order valence-electron chi connectivity index (χ0n) is 13.8. The van der Waals surface area contributed by atoms with Crippen molar-refractivity contribution < 1.29 is 9.53 Å². The third kappa shape index (κ3) is 1.99. The van der Waals surface area contributed by atoms with E-state index in [0.717, 1.165) is 32.5 Å². The molecule has 3 aliphatic carbocycles. The summed E-state index contributed by atoms with van der Waals surface area (Å²) in [6, 6.07) is 0.364. The Kier molecular flexibility index (Phi) is 3.73. The lowest BCUT2D eigenvalue weighted by atomic mass is 9.50. The predicted molar refractivity (Wildman–Crippen MR) is 85.5 cm³/mol. The van der Waals surface area contributed by atoms with E-state index in [9.17, 15) is 4.79 Å². The Bertz CT molecular complexity index is 448. The molecule has 22 heavy (non-hydrogen) atoms. The van der Waals surface area contributed by atoms with Crippen molar-refractivity contribution in [1.82, 2.24) is 10.6 Å². The summed E-state index contributed by atoms with van der Waals surface area (Å²) < 4.78 is 5.91. The van der Waals surface area contributed by atoms with E-state index in [1.54, 1.807) is 0 Å². The molecule has 2 N–H and O–H groups in total. The summed E-state index contributed by atoms with van der Waals surface area (Å²) in [6.45, 7) is 4.79. The average Bonchev–Trinajstić information content (AvgIpc) is 2.89. The standard InChI is InChI=1S/C18H30N2O2/c1-2-22-15-10-14(17(15)8-5-9-17)20-16(21)18-7-4-3-6-13(18)11-19-12-18/h13-15,19H,2-12H2,1H3,(H,20,21)/t13-,14?,15?,18+/m0/s1. The van der Waals surface area contributed by atoms with Crippen molar-refractivity contribution in [2.45, 2.75) is 70.4 Å². The maximum absolute atomic E-state index is 13.1. The Morgan fingerprint density at radius 2 is 2.14 bits per heavy atom. The Hall–Kier alpha value is -0.610. The molecule has 4 heteroatoms. The van der Waals surface area contributed by atoms with Gasteiger partial charge in [0.05, 0.1) is 11.5 Å². The van der Waals surface area contributed by atoms with Gasteiger partial charge in [0.1, 0.15) is 0 Å². The lowest BCUT2D eigenvalue weighted by Gasteiger charge is -2.61. The molecule has 1 heterocycles. The number of hydrogen-bond donors (Lipinski definition) is 2. The first kappa shape index (κ1) is 14.9. The molecule has 1 aliphatic heterocycles. The van der Waals surface area contributed by atoms with Crippen LogP contribution in [0.15, 0.2) is 0 Å². The van der Waals surface area contributed by atoms with E-state index in [-0.39, 0.29) is 10.8 Å². The Morgan fingerprint density at radius 1 is 1.27 bits per heavy atom. The average molecular weight is 306 g/mol. The summed E-state index contributed by atoms with van der Waals surface area (Å²) in [5.41, 5.74) is 0.165. The first-order valence-electron chi connectivity index (χ1n) is 9.34. The zero-order chi connectivity index (χ0) is 15.2. The fraction of sp³-hybridized carbons (Fsp3) is 0.944. The van der Waals surface area contributed by atoms with Crippen molar-refractivity contribution in [2.24, 2.45) is 16.7 Å². The molecule has 0 aromatic rings. The molecule has 1 saturated heterocycles. The molecular formula is C18H30N2O2. The molecule has 0 radical (unpaired) electrons. The van der Waals surface area contributed by atoms with Gasteiger partial charge in [-0.2, -0.15) is 0 Å². The topological polar surface area (TPSA) is 50.4 Å². The van der Waals surface area contributed by atoms with Gasteiger partial charge in [0.2, 0.25) is 5.91 Å². The van der Waals surface area contributed by atoms with Crippen LogP contribution >= 0.6 is 0 Å². The third-order valence-corrected chi connectivity index (χ3v) is 7.23. The molecule has 124 valence electrons. The van der Waals surface area contributed by atoms with Gasteiger partial charge in [-0.05, 0) is 51.5 Å². The monoisotopic (exact) mass is 306 g/mol. The van der Waals surface area contributed by atoms with Crippen molar-refractivity contribution in [2.75, 3.05) is 19.7 Å². The van der Waals surface area contributed by atoms with Crippen molar-refractivity contribution in [3.8, 4) is 0 Å². The second-order valence-electron chi connectivity index (χ2n) is 8.02. The van der Waals surface area contributed by atoms with Gasteiger partial charge in [0.25, 0.3) is 0 Å². The number of carbonyl (C=O) groups is 1. The number of nitrogens with one attached hydrogen (secondary N) is 2. The molecule has 0 aromatic heterocycles. The molecule has 4 aliphatic rings. The van der Waals surface area contributed by atoms with Gasteiger partial charge < -0.3 is 15.4 Å². The fourth-order valence-corrected chi connectivity index (χ4v) is 5.63. The van der Waals surface area contributed by atoms with Crippen LogP contribution in [0.3, 0.4) is 0 Å². The van der Waals surface area contributed by atoms with Crippen LogP contribution in [0.5, 0.6) is 0 Å². The summed E-state index contributed by atoms with van der Waals surface area (Å²) >= 11 is 0. The third-order valence-electron chi connectivity index (χ3n) is 7.23. The summed E-state index contributed by atoms with van der Waals surface area (Å²) in [6.07, 6.45) is 9.97. The van der Waals surface area contributed by atoms with E-state index >= 15 is 0 Å². The maximum Gasteiger partial charge on any atom is 0.228 e. The number of carbonyl (C=O) groups excluding carboxylic acids is 1. The highest BCUT2D eigenvalue weighted by atomic mass is 16.5. The summed E-state index contributed by atoms with van der Waals surface area (Å²) in [7, 11) is 0. The Morgan fingerprint density at radius 3 is 2.86 bits per heavy atom. The minimum atomic E-state index is -0.111. The summed E-state index contributed by atoms with van der Waals surface area (Å²) in [5.74, 6) is 0.898. The molecule has 2 unspecified atom stereocenters. The molecule has 4 rings (SSSR count). The van der Waals surface area contributed by atoms with Crippen LogP contribution < -0.4 is 10.6 Å². The second kappa shape index (κ2) is 5.48. The molecule has 1 spiro atoms. The number of amides is 1. The lowest BCUT2D eigenvalue weighted by Crippen LogP contribution is -2.69. The number of fused-ring (bicyclic) bond motifs is 1. The predicted octanol–water partition coefficient (Wildman–Crippen LogP) is 2.23. The molecule has 0 bridgehead atoms. The van der Waals surface area contributed by atoms with Crippen molar-refractivity contribution in [1.29, 1.82) is 0 Å². The number of rotatable bonds is 4. The van der Waals surface area contributed by atoms with E-state index in [1.807, 2.05) is 0 Å².